The lowest BCUT2D eigenvalue weighted by atomic mass is 9.97. The number of Topliss-reactive ketones (excluding diaryl/α,β-unsaturated/α-hetero) is 1. The summed E-state index contributed by atoms with van der Waals surface area (Å²) < 4.78 is 5.16. The molecule has 1 aromatic carbocycles. The summed E-state index contributed by atoms with van der Waals surface area (Å²) in [5.41, 5.74) is 1.44. The number of ether oxygens (including phenoxy) is 1. The predicted octanol–water partition coefficient (Wildman–Crippen LogP) is 2.86. The maximum Gasteiger partial charge on any atom is 0.303 e. The number of carbonyl (C=O) groups excluding carboxylic acids is 1. The number of fused-ring (bicyclic) bond motifs is 1. The second-order valence-corrected chi connectivity index (χ2v) is 4.94. The van der Waals surface area contributed by atoms with Crippen LogP contribution in [0.4, 0.5) is 0 Å². The molecule has 106 valence electrons. The van der Waals surface area contributed by atoms with E-state index in [1.54, 1.807) is 26.3 Å². The Morgan fingerprint density at radius 2 is 2.10 bits per heavy atom. The van der Waals surface area contributed by atoms with E-state index in [2.05, 4.69) is 4.98 Å². The Morgan fingerprint density at radius 1 is 1.35 bits per heavy atom. The van der Waals surface area contributed by atoms with Gasteiger partial charge in [0.1, 0.15) is 5.75 Å². The van der Waals surface area contributed by atoms with Crippen molar-refractivity contribution in [2.24, 2.45) is 5.92 Å². The quantitative estimate of drug-likeness (QED) is 0.794. The lowest BCUT2D eigenvalue weighted by molar-refractivity contribution is -0.137. The summed E-state index contributed by atoms with van der Waals surface area (Å²) in [6, 6.07) is 5.48. The van der Waals surface area contributed by atoms with E-state index >= 15 is 0 Å². The van der Waals surface area contributed by atoms with E-state index in [1.807, 2.05) is 12.1 Å². The summed E-state index contributed by atoms with van der Waals surface area (Å²) in [4.78, 5) is 25.9. The summed E-state index contributed by atoms with van der Waals surface area (Å²) in [6.45, 7) is 1.77. The van der Waals surface area contributed by atoms with Gasteiger partial charge >= 0.3 is 5.97 Å². The van der Waals surface area contributed by atoms with Gasteiger partial charge in [-0.1, -0.05) is 6.92 Å². The number of methoxy groups -OCH3 is 1. The van der Waals surface area contributed by atoms with Crippen molar-refractivity contribution in [3.8, 4) is 5.75 Å². The minimum atomic E-state index is -0.883. The average Bonchev–Trinajstić information content (AvgIpc) is 2.80. The summed E-state index contributed by atoms with van der Waals surface area (Å²) in [7, 11) is 1.57. The SMILES string of the molecule is COc1ccc2[nH]cc(C(=O)CC(C)CC(=O)O)c2c1. The van der Waals surface area contributed by atoms with Crippen LogP contribution in [0.1, 0.15) is 30.1 Å². The minimum absolute atomic E-state index is 0.00256. The van der Waals surface area contributed by atoms with Gasteiger partial charge in [0.2, 0.25) is 0 Å². The number of hydrogen-bond acceptors (Lipinski definition) is 3. The molecule has 1 atom stereocenters. The molecular formula is C15H17NO4. The highest BCUT2D eigenvalue weighted by molar-refractivity contribution is 6.08. The number of aromatic amines is 1. The number of ketones is 1. The van der Waals surface area contributed by atoms with E-state index in [4.69, 9.17) is 9.84 Å². The van der Waals surface area contributed by atoms with Crippen LogP contribution >= 0.6 is 0 Å². The summed E-state index contributed by atoms with van der Waals surface area (Å²) in [5, 5.41) is 9.54. The van der Waals surface area contributed by atoms with E-state index < -0.39 is 5.97 Å². The highest BCUT2D eigenvalue weighted by Gasteiger charge is 2.17. The van der Waals surface area contributed by atoms with Crippen LogP contribution in [0.3, 0.4) is 0 Å². The number of nitrogens with one attached hydrogen (secondary N) is 1. The van der Waals surface area contributed by atoms with Crippen LogP contribution in [0.2, 0.25) is 0 Å². The molecule has 0 saturated carbocycles. The molecule has 2 aromatic rings. The molecule has 5 heteroatoms. The highest BCUT2D eigenvalue weighted by Crippen LogP contribution is 2.25. The molecule has 0 spiro atoms. The van der Waals surface area contributed by atoms with Gasteiger partial charge in [-0.2, -0.15) is 0 Å². The second-order valence-electron chi connectivity index (χ2n) is 4.94. The Labute approximate surface area is 116 Å². The van der Waals surface area contributed by atoms with Crippen molar-refractivity contribution >= 4 is 22.7 Å². The molecule has 20 heavy (non-hydrogen) atoms. The first-order valence-electron chi connectivity index (χ1n) is 6.41. The average molecular weight is 275 g/mol. The molecule has 0 aliphatic rings. The zero-order valence-corrected chi connectivity index (χ0v) is 11.5. The van der Waals surface area contributed by atoms with E-state index in [-0.39, 0.29) is 24.5 Å². The molecule has 0 radical (unpaired) electrons. The molecule has 0 amide bonds. The Bertz CT molecular complexity index is 644. The minimum Gasteiger partial charge on any atom is -0.497 e. The molecule has 1 aromatic heterocycles. The Hall–Kier alpha value is -2.30. The van der Waals surface area contributed by atoms with E-state index in [0.717, 1.165) is 10.9 Å². The van der Waals surface area contributed by atoms with Crippen LogP contribution in [0.15, 0.2) is 24.4 Å². The molecule has 0 aliphatic heterocycles. The molecule has 1 heterocycles. The van der Waals surface area contributed by atoms with Gasteiger partial charge in [-0.25, -0.2) is 0 Å². The third-order valence-corrected chi connectivity index (χ3v) is 3.25. The van der Waals surface area contributed by atoms with Gasteiger partial charge < -0.3 is 14.8 Å². The van der Waals surface area contributed by atoms with E-state index in [9.17, 15) is 9.59 Å². The lowest BCUT2D eigenvalue weighted by Crippen LogP contribution is -2.10. The molecule has 0 fully saturated rings. The number of carbonyl (C=O) groups is 2. The van der Waals surface area contributed by atoms with Crippen LogP contribution < -0.4 is 4.74 Å². The van der Waals surface area contributed by atoms with Crippen molar-refractivity contribution in [1.82, 2.24) is 4.98 Å². The van der Waals surface area contributed by atoms with Crippen molar-refractivity contribution < 1.29 is 19.4 Å². The first kappa shape index (κ1) is 14.1. The first-order valence-corrected chi connectivity index (χ1v) is 6.41. The molecule has 2 N–H and O–H groups in total. The molecule has 2 rings (SSSR count). The summed E-state index contributed by atoms with van der Waals surface area (Å²) in [6.07, 6.45) is 1.88. The standard InChI is InChI=1S/C15H17NO4/c1-9(6-15(18)19)5-14(17)12-8-16-13-4-3-10(20-2)7-11(12)13/h3-4,7-9,16H,5-6H2,1-2H3,(H,18,19). The number of carboxylic acids is 1. The van der Waals surface area contributed by atoms with Crippen LogP contribution in [0.25, 0.3) is 10.9 Å². The van der Waals surface area contributed by atoms with Crippen molar-refractivity contribution in [2.75, 3.05) is 7.11 Å². The summed E-state index contributed by atoms with van der Waals surface area (Å²) >= 11 is 0. The molecule has 1 unspecified atom stereocenters. The molecule has 0 bridgehead atoms. The lowest BCUT2D eigenvalue weighted by Gasteiger charge is -2.07. The third kappa shape index (κ3) is 2.99. The first-order chi connectivity index (χ1) is 9.51. The molecule has 0 saturated heterocycles. The molecular weight excluding hydrogens is 258 g/mol. The van der Waals surface area contributed by atoms with Gasteiger partial charge in [-0.05, 0) is 24.1 Å². The van der Waals surface area contributed by atoms with Crippen LogP contribution in [-0.4, -0.2) is 29.0 Å². The molecule has 0 aliphatic carbocycles. The zero-order valence-electron chi connectivity index (χ0n) is 11.5. The number of benzene rings is 1. The zero-order chi connectivity index (χ0) is 14.7. The normalized spacial score (nSPS) is 12.3. The highest BCUT2D eigenvalue weighted by atomic mass is 16.5. The number of H-pyrrole nitrogens is 1. The largest absolute Gasteiger partial charge is 0.497 e. The summed E-state index contributed by atoms with van der Waals surface area (Å²) in [5.74, 6) is -0.440. The number of aromatic nitrogens is 1. The number of carboxylic acid groups (broad SMARTS) is 1. The van der Waals surface area contributed by atoms with E-state index in [0.29, 0.717) is 11.3 Å². The van der Waals surface area contributed by atoms with Crippen LogP contribution in [0.5, 0.6) is 5.75 Å². The fourth-order valence-corrected chi connectivity index (χ4v) is 2.25. The van der Waals surface area contributed by atoms with Crippen molar-refractivity contribution in [2.45, 2.75) is 19.8 Å². The Balaban J connectivity index is 2.23. The fourth-order valence-electron chi connectivity index (χ4n) is 2.25. The Kier molecular flexibility index (Phi) is 4.08. The smallest absolute Gasteiger partial charge is 0.303 e. The third-order valence-electron chi connectivity index (χ3n) is 3.25. The van der Waals surface area contributed by atoms with Gasteiger partial charge in [0.25, 0.3) is 0 Å². The second kappa shape index (κ2) is 5.77. The number of rotatable bonds is 6. The molecule has 5 nitrogen and oxygen atoms in total. The fraction of sp³-hybridized carbons (Fsp3) is 0.333. The van der Waals surface area contributed by atoms with Gasteiger partial charge in [0.15, 0.2) is 5.78 Å². The topological polar surface area (TPSA) is 79.4 Å². The van der Waals surface area contributed by atoms with Crippen LogP contribution in [0, 0.1) is 5.92 Å². The van der Waals surface area contributed by atoms with Crippen molar-refractivity contribution in [1.29, 1.82) is 0 Å². The van der Waals surface area contributed by atoms with Crippen molar-refractivity contribution in [3.63, 3.8) is 0 Å². The Morgan fingerprint density at radius 3 is 2.75 bits per heavy atom. The van der Waals surface area contributed by atoms with Gasteiger partial charge in [-0.3, -0.25) is 9.59 Å². The monoisotopic (exact) mass is 275 g/mol. The number of aliphatic carboxylic acids is 1. The van der Waals surface area contributed by atoms with Crippen LogP contribution in [-0.2, 0) is 4.79 Å². The maximum absolute atomic E-state index is 12.3. The van der Waals surface area contributed by atoms with E-state index in [1.165, 1.54) is 0 Å². The van der Waals surface area contributed by atoms with Crippen molar-refractivity contribution in [3.05, 3.63) is 30.0 Å². The predicted molar refractivity (Wildman–Crippen MR) is 75.2 cm³/mol. The maximum atomic E-state index is 12.3. The van der Waals surface area contributed by atoms with Gasteiger partial charge in [0, 0.05) is 35.5 Å². The number of hydrogen-bond donors (Lipinski definition) is 2. The van der Waals surface area contributed by atoms with Gasteiger partial charge in [-0.15, -0.1) is 0 Å². The van der Waals surface area contributed by atoms with Gasteiger partial charge in [0.05, 0.1) is 7.11 Å².